The molecule has 0 radical (unpaired) electrons. The summed E-state index contributed by atoms with van der Waals surface area (Å²) < 4.78 is 30.2. The fraction of sp³-hybridized carbons (Fsp3) is 0.571. The molecule has 3 N–H and O–H groups in total. The lowest BCUT2D eigenvalue weighted by atomic mass is 10.0. The van der Waals surface area contributed by atoms with Crippen molar-refractivity contribution in [3.05, 3.63) is 29.6 Å². The number of hydrogen-bond donors (Lipinski definition) is 3. The highest BCUT2D eigenvalue weighted by Gasteiger charge is 2.33. The molecule has 1 amide bonds. The Morgan fingerprint density at radius 3 is 2.48 bits per heavy atom. The minimum Gasteiger partial charge on any atom is -0.506 e. The van der Waals surface area contributed by atoms with Crippen LogP contribution in [-0.2, 0) is 16.0 Å². The van der Waals surface area contributed by atoms with Crippen molar-refractivity contribution in [2.45, 2.75) is 59.4 Å². The van der Waals surface area contributed by atoms with Gasteiger partial charge in [0.1, 0.15) is 18.0 Å². The Balaban J connectivity index is 0.000000707. The van der Waals surface area contributed by atoms with E-state index in [2.05, 4.69) is 10.0 Å². The first-order chi connectivity index (χ1) is 14.0. The van der Waals surface area contributed by atoms with Crippen LogP contribution in [0.1, 0.15) is 58.9 Å². The number of phenols is 1. The minimum atomic E-state index is -1.88. The van der Waals surface area contributed by atoms with E-state index in [9.17, 15) is 14.1 Å². The molecule has 2 heterocycles. The fourth-order valence-electron chi connectivity index (χ4n) is 3.37. The van der Waals surface area contributed by atoms with E-state index in [4.69, 9.17) is 0 Å². The molecule has 8 heteroatoms. The van der Waals surface area contributed by atoms with Crippen molar-refractivity contribution in [3.63, 3.8) is 0 Å². The predicted octanol–water partition coefficient (Wildman–Crippen LogP) is 3.64. The number of rotatable bonds is 5. The van der Waals surface area contributed by atoms with Crippen molar-refractivity contribution < 1.29 is 18.5 Å². The number of nitrogens with one attached hydrogen (secondary N) is 2. The molecule has 2 aliphatic heterocycles. The Morgan fingerprint density at radius 2 is 1.90 bits per heavy atom. The number of benzene rings is 1. The second-order valence-corrected chi connectivity index (χ2v) is 7.95. The number of phenolic OH excluding ortho intramolecular Hbond substituents is 1. The highest BCUT2D eigenvalue weighted by molar-refractivity contribution is 7.85. The molecule has 0 bridgehead atoms. The number of anilines is 1. The van der Waals surface area contributed by atoms with Crippen LogP contribution in [0, 0.1) is 11.7 Å². The van der Waals surface area contributed by atoms with Gasteiger partial charge in [0.2, 0.25) is 11.2 Å². The Kier molecular flexibility index (Phi) is 8.64. The van der Waals surface area contributed by atoms with Gasteiger partial charge in [-0.25, -0.2) is 8.60 Å². The molecule has 2 atom stereocenters. The third-order valence-electron chi connectivity index (χ3n) is 4.92. The summed E-state index contributed by atoms with van der Waals surface area (Å²) in [5.41, 5.74) is 0.992. The highest BCUT2D eigenvalue weighted by atomic mass is 32.2. The maximum Gasteiger partial charge on any atom is 0.253 e. The smallest absolute Gasteiger partial charge is 0.253 e. The zero-order valence-corrected chi connectivity index (χ0v) is 18.4. The Morgan fingerprint density at radius 1 is 1.21 bits per heavy atom. The zero-order valence-electron chi connectivity index (χ0n) is 17.6. The second-order valence-electron chi connectivity index (χ2n) is 6.81. The molecule has 1 aliphatic carbocycles. The zero-order chi connectivity index (χ0) is 21.6. The lowest BCUT2D eigenvalue weighted by Crippen LogP contribution is -2.24. The molecule has 0 spiro atoms. The molecule has 1 saturated heterocycles. The minimum absolute atomic E-state index is 0.198. The van der Waals surface area contributed by atoms with E-state index in [1.807, 2.05) is 33.8 Å². The van der Waals surface area contributed by atoms with Crippen LogP contribution in [0.5, 0.6) is 5.75 Å². The molecule has 4 rings (SSSR count). The summed E-state index contributed by atoms with van der Waals surface area (Å²) in [7, 11) is 0. The summed E-state index contributed by atoms with van der Waals surface area (Å²) in [6.45, 7) is 8.30. The molecule has 1 saturated carbocycles. The topological polar surface area (TPSA) is 81.7 Å². The van der Waals surface area contributed by atoms with Crippen molar-refractivity contribution in [3.8, 4) is 5.75 Å². The Hall–Kier alpha value is -1.93. The van der Waals surface area contributed by atoms with Crippen molar-refractivity contribution >= 4 is 28.3 Å². The predicted molar refractivity (Wildman–Crippen MR) is 116 cm³/mol. The Bertz CT molecular complexity index is 781. The van der Waals surface area contributed by atoms with Crippen LogP contribution >= 0.6 is 0 Å². The van der Waals surface area contributed by atoms with Crippen LogP contribution in [-0.4, -0.2) is 34.4 Å². The first kappa shape index (κ1) is 23.3. The SMILES string of the molecule is CC.CC.O=C1CN(c2c(O)ccc(C3=CC(CCC4CC4)NC3)c2F)S(=O)N1. The van der Waals surface area contributed by atoms with Gasteiger partial charge in [0.25, 0.3) is 5.91 Å². The highest BCUT2D eigenvalue weighted by Crippen LogP contribution is 2.38. The fourth-order valence-corrected chi connectivity index (χ4v) is 4.31. The number of aromatic hydroxyl groups is 1. The molecule has 29 heavy (non-hydrogen) atoms. The van der Waals surface area contributed by atoms with Gasteiger partial charge in [0.15, 0.2) is 5.82 Å². The van der Waals surface area contributed by atoms with Crippen molar-refractivity contribution in [1.82, 2.24) is 10.0 Å². The van der Waals surface area contributed by atoms with Crippen LogP contribution in [0.15, 0.2) is 18.2 Å². The van der Waals surface area contributed by atoms with Gasteiger partial charge >= 0.3 is 0 Å². The molecule has 2 fully saturated rings. The van der Waals surface area contributed by atoms with Crippen LogP contribution in [0.2, 0.25) is 0 Å². The van der Waals surface area contributed by atoms with Crippen molar-refractivity contribution in [1.29, 1.82) is 0 Å². The quantitative estimate of drug-likeness (QED) is 0.673. The number of amides is 1. The summed E-state index contributed by atoms with van der Waals surface area (Å²) in [4.78, 5) is 11.4. The first-order valence-electron chi connectivity index (χ1n) is 10.5. The van der Waals surface area contributed by atoms with Crippen molar-refractivity contribution in [2.75, 3.05) is 17.4 Å². The number of halogens is 1. The molecule has 1 aromatic carbocycles. The van der Waals surface area contributed by atoms with Crippen LogP contribution in [0.4, 0.5) is 10.1 Å². The van der Waals surface area contributed by atoms with E-state index in [-0.39, 0.29) is 24.0 Å². The van der Waals surface area contributed by atoms with E-state index in [1.54, 1.807) is 0 Å². The summed E-state index contributed by atoms with van der Waals surface area (Å²) in [5, 5.41) is 13.4. The largest absolute Gasteiger partial charge is 0.506 e. The van der Waals surface area contributed by atoms with Gasteiger partial charge in [-0.2, -0.15) is 0 Å². The van der Waals surface area contributed by atoms with Gasteiger partial charge in [0.05, 0.1) is 0 Å². The lowest BCUT2D eigenvalue weighted by Gasteiger charge is -2.18. The third-order valence-corrected chi connectivity index (χ3v) is 6.03. The molecule has 3 aliphatic rings. The average Bonchev–Trinajstić information content (AvgIpc) is 3.34. The summed E-state index contributed by atoms with van der Waals surface area (Å²) in [6, 6.07) is 3.14. The van der Waals surface area contributed by atoms with E-state index in [1.165, 1.54) is 31.4 Å². The standard InChI is InChI=1S/C17H20FN3O3S.2C2H6/c18-16-13(11-7-12(19-8-11)4-3-10-1-2-10)5-6-14(22)17(16)21-9-15(23)20-25(21)24;2*1-2/h5-7,10,12,19,22H,1-4,8-9H2,(H,20,23);2*1-2H3. The maximum atomic E-state index is 15.0. The van der Waals surface area contributed by atoms with Gasteiger partial charge in [0, 0.05) is 18.2 Å². The molecule has 6 nitrogen and oxygen atoms in total. The van der Waals surface area contributed by atoms with E-state index < -0.39 is 22.9 Å². The normalized spacial score (nSPS) is 22.9. The molecular weight excluding hydrogens is 393 g/mol. The number of hydrogen-bond acceptors (Lipinski definition) is 4. The van der Waals surface area contributed by atoms with Gasteiger partial charge < -0.3 is 10.4 Å². The summed E-state index contributed by atoms with van der Waals surface area (Å²) in [6.07, 6.45) is 6.89. The molecular formula is C21H32FN3O3S. The van der Waals surface area contributed by atoms with Gasteiger partial charge in [-0.1, -0.05) is 46.6 Å². The van der Waals surface area contributed by atoms with Crippen molar-refractivity contribution in [2.24, 2.45) is 5.92 Å². The molecule has 2 unspecified atom stereocenters. The van der Waals surface area contributed by atoms with E-state index in [0.717, 1.165) is 22.2 Å². The van der Waals surface area contributed by atoms with Crippen LogP contribution in [0.25, 0.3) is 5.57 Å². The van der Waals surface area contributed by atoms with Gasteiger partial charge in [-0.3, -0.25) is 13.8 Å². The van der Waals surface area contributed by atoms with Gasteiger partial charge in [-0.05, 0) is 36.5 Å². The summed E-state index contributed by atoms with van der Waals surface area (Å²) >= 11 is -1.88. The number of carbonyl (C=O) groups is 1. The molecule has 1 aromatic rings. The molecule has 0 aromatic heterocycles. The van der Waals surface area contributed by atoms with Crippen LogP contribution < -0.4 is 14.3 Å². The summed E-state index contributed by atoms with van der Waals surface area (Å²) in [5.74, 6) is -0.598. The maximum absolute atomic E-state index is 15.0. The molecule has 162 valence electrons. The van der Waals surface area contributed by atoms with E-state index >= 15 is 4.39 Å². The lowest BCUT2D eigenvalue weighted by molar-refractivity contribution is -0.117. The monoisotopic (exact) mass is 425 g/mol. The number of carbonyl (C=O) groups excluding carboxylic acids is 1. The van der Waals surface area contributed by atoms with Gasteiger partial charge in [-0.15, -0.1) is 0 Å². The average molecular weight is 426 g/mol. The second kappa shape index (κ2) is 10.7. The van der Waals surface area contributed by atoms with Crippen LogP contribution in [0.3, 0.4) is 0 Å². The first-order valence-corrected chi connectivity index (χ1v) is 11.6. The number of nitrogens with zero attached hydrogens (tertiary/aromatic N) is 1. The third kappa shape index (κ3) is 5.57. The van der Waals surface area contributed by atoms with E-state index in [0.29, 0.717) is 12.1 Å². The Labute approximate surface area is 175 Å².